The number of fused-ring (bicyclic) bond motifs is 2. The first kappa shape index (κ1) is 19.6. The molecule has 1 aromatic carbocycles. The molecule has 3 atom stereocenters. The number of rotatable bonds is 7. The zero-order chi connectivity index (χ0) is 19.7. The predicted molar refractivity (Wildman–Crippen MR) is 110 cm³/mol. The number of hydrogen-bond acceptors (Lipinski definition) is 5. The molecule has 0 aromatic heterocycles. The first-order valence-electron chi connectivity index (χ1n) is 10.2. The maximum absolute atomic E-state index is 15.0. The van der Waals surface area contributed by atoms with Gasteiger partial charge < -0.3 is 9.64 Å². The number of Topliss-reactive ketones (excluding diaryl/α,β-unsaturated/α-hetero) is 1. The van der Waals surface area contributed by atoms with Crippen LogP contribution in [0.1, 0.15) is 45.4 Å². The van der Waals surface area contributed by atoms with Crippen molar-refractivity contribution in [3.8, 4) is 0 Å². The van der Waals surface area contributed by atoms with Crippen molar-refractivity contribution in [2.45, 2.75) is 63.6 Å². The van der Waals surface area contributed by atoms with Gasteiger partial charge in [-0.05, 0) is 43.9 Å². The molecule has 4 rings (SSSR count). The van der Waals surface area contributed by atoms with E-state index >= 15 is 0 Å². The van der Waals surface area contributed by atoms with Crippen molar-refractivity contribution >= 4 is 35.0 Å². The van der Waals surface area contributed by atoms with E-state index < -0.39 is 6.09 Å². The van der Waals surface area contributed by atoms with Crippen LogP contribution in [0.15, 0.2) is 18.2 Å². The van der Waals surface area contributed by atoms with Gasteiger partial charge in [0, 0.05) is 36.4 Å². The summed E-state index contributed by atoms with van der Waals surface area (Å²) < 4.78 is 20.3. The molecule has 1 aromatic rings. The Labute approximate surface area is 169 Å². The molecular formula is C21H27FN2O3S. The molecule has 28 heavy (non-hydrogen) atoms. The fourth-order valence-electron chi connectivity index (χ4n) is 4.50. The highest BCUT2D eigenvalue weighted by molar-refractivity contribution is 7.99. The number of amides is 1. The Balaban J connectivity index is 1.43. The second-order valence-electron chi connectivity index (χ2n) is 7.91. The predicted octanol–water partition coefficient (Wildman–Crippen LogP) is 4.38. The molecule has 1 amide bonds. The zero-order valence-corrected chi connectivity index (χ0v) is 17.0. The van der Waals surface area contributed by atoms with E-state index in [1.165, 1.54) is 11.0 Å². The number of carbonyl (C=O) groups excluding carboxylic acids is 2. The third-order valence-corrected chi connectivity index (χ3v) is 7.15. The minimum absolute atomic E-state index is 0.196. The van der Waals surface area contributed by atoms with Crippen LogP contribution in [0.5, 0.6) is 0 Å². The molecule has 5 nitrogen and oxygen atoms in total. The van der Waals surface area contributed by atoms with Crippen molar-refractivity contribution in [3.63, 3.8) is 0 Å². The van der Waals surface area contributed by atoms with E-state index in [2.05, 4.69) is 4.90 Å². The summed E-state index contributed by atoms with van der Waals surface area (Å²) in [6, 6.07) is 5.88. The molecule has 152 valence electrons. The number of halogens is 1. The average Bonchev–Trinajstić information content (AvgIpc) is 3.16. The summed E-state index contributed by atoms with van der Waals surface area (Å²) in [4.78, 5) is 27.7. The summed E-state index contributed by atoms with van der Waals surface area (Å²) in [7, 11) is 0. The number of cyclic esters (lactones) is 1. The van der Waals surface area contributed by atoms with Gasteiger partial charge in [-0.25, -0.2) is 9.18 Å². The molecule has 3 fully saturated rings. The molecule has 3 aliphatic heterocycles. The molecule has 3 saturated heterocycles. The molecule has 3 aliphatic rings. The van der Waals surface area contributed by atoms with Gasteiger partial charge in [0.2, 0.25) is 0 Å². The Bertz CT molecular complexity index is 743. The summed E-state index contributed by atoms with van der Waals surface area (Å²) in [5.41, 5.74) is 1.16. The van der Waals surface area contributed by atoms with E-state index in [0.717, 1.165) is 30.8 Å². The maximum atomic E-state index is 15.0. The molecule has 0 radical (unpaired) electrons. The van der Waals surface area contributed by atoms with Crippen molar-refractivity contribution < 1.29 is 18.7 Å². The van der Waals surface area contributed by atoms with Crippen LogP contribution in [0.3, 0.4) is 0 Å². The number of nitrogens with zero attached hydrogens (tertiary/aromatic N) is 2. The van der Waals surface area contributed by atoms with Crippen LogP contribution in [-0.2, 0) is 9.53 Å². The van der Waals surface area contributed by atoms with Crippen LogP contribution in [0.4, 0.5) is 20.6 Å². The molecule has 0 spiro atoms. The molecule has 0 saturated carbocycles. The van der Waals surface area contributed by atoms with E-state index in [4.69, 9.17) is 4.74 Å². The zero-order valence-electron chi connectivity index (χ0n) is 16.2. The van der Waals surface area contributed by atoms with E-state index in [-0.39, 0.29) is 17.7 Å². The van der Waals surface area contributed by atoms with Gasteiger partial charge in [-0.1, -0.05) is 6.92 Å². The largest absolute Gasteiger partial charge is 0.444 e. The number of anilines is 2. The lowest BCUT2D eigenvalue weighted by molar-refractivity contribution is -0.119. The van der Waals surface area contributed by atoms with E-state index in [1.807, 2.05) is 24.8 Å². The maximum Gasteiger partial charge on any atom is 0.414 e. The van der Waals surface area contributed by atoms with Crippen LogP contribution in [-0.4, -0.2) is 48.1 Å². The summed E-state index contributed by atoms with van der Waals surface area (Å²) in [5, 5.41) is 0. The van der Waals surface area contributed by atoms with Crippen molar-refractivity contribution in [3.05, 3.63) is 24.0 Å². The molecule has 2 unspecified atom stereocenters. The second kappa shape index (κ2) is 8.31. The summed E-state index contributed by atoms with van der Waals surface area (Å²) in [5.74, 6) is 2.01. The Hall–Kier alpha value is -1.76. The second-order valence-corrected chi connectivity index (χ2v) is 8.98. The summed E-state index contributed by atoms with van der Waals surface area (Å²) >= 11 is 1.95. The average molecular weight is 407 g/mol. The standard InChI is InChI=1S/C21H27FN2O3S/c1-2-3-17(25)7-8-18-11-23(21(26)27-18)14-6-9-20(19(22)10-14)24-15-4-5-16(24)13-28-12-15/h6,9-10,15-16,18H,2-5,7-8,11-13H2,1H3/t15?,16?,18-/m0/s1. The first-order chi connectivity index (χ1) is 13.6. The highest BCUT2D eigenvalue weighted by atomic mass is 32.2. The minimum atomic E-state index is -0.463. The lowest BCUT2D eigenvalue weighted by atomic mass is 10.1. The van der Waals surface area contributed by atoms with Crippen molar-refractivity contribution in [2.75, 3.05) is 27.9 Å². The van der Waals surface area contributed by atoms with Gasteiger partial charge in [-0.3, -0.25) is 9.69 Å². The smallest absolute Gasteiger partial charge is 0.414 e. The third-order valence-electron chi connectivity index (χ3n) is 5.91. The third kappa shape index (κ3) is 3.86. The van der Waals surface area contributed by atoms with Gasteiger partial charge in [-0.15, -0.1) is 0 Å². The Morgan fingerprint density at radius 2 is 2.00 bits per heavy atom. The number of ether oxygens (including phenoxy) is 1. The number of ketones is 1. The fourth-order valence-corrected chi connectivity index (χ4v) is 5.84. The highest BCUT2D eigenvalue weighted by Crippen LogP contribution is 2.40. The monoisotopic (exact) mass is 406 g/mol. The van der Waals surface area contributed by atoms with Crippen LogP contribution in [0.25, 0.3) is 0 Å². The van der Waals surface area contributed by atoms with E-state index in [0.29, 0.717) is 49.3 Å². The Morgan fingerprint density at radius 3 is 2.68 bits per heavy atom. The summed E-state index contributed by atoms with van der Waals surface area (Å²) in [6.07, 6.45) is 3.80. The lowest BCUT2D eigenvalue weighted by Crippen LogP contribution is -2.43. The Morgan fingerprint density at radius 1 is 1.25 bits per heavy atom. The molecule has 3 heterocycles. The topological polar surface area (TPSA) is 49.9 Å². The molecule has 7 heteroatoms. The van der Waals surface area contributed by atoms with E-state index in [9.17, 15) is 14.0 Å². The fraction of sp³-hybridized carbons (Fsp3) is 0.619. The van der Waals surface area contributed by atoms with Crippen LogP contribution < -0.4 is 9.80 Å². The molecule has 0 N–H and O–H groups in total. The van der Waals surface area contributed by atoms with Gasteiger partial charge in [0.1, 0.15) is 17.7 Å². The van der Waals surface area contributed by atoms with Gasteiger partial charge in [0.05, 0.1) is 17.9 Å². The molecule has 0 aliphatic carbocycles. The number of carbonyl (C=O) groups is 2. The SMILES string of the molecule is CCCC(=O)CC[C@H]1CN(c2ccc(N3C4CCC3CSC4)c(F)c2)C(=O)O1. The van der Waals surface area contributed by atoms with Crippen molar-refractivity contribution in [1.82, 2.24) is 0 Å². The number of hydrogen-bond donors (Lipinski definition) is 0. The van der Waals surface area contributed by atoms with Gasteiger partial charge in [0.25, 0.3) is 0 Å². The van der Waals surface area contributed by atoms with Crippen LogP contribution in [0.2, 0.25) is 0 Å². The minimum Gasteiger partial charge on any atom is -0.444 e. The van der Waals surface area contributed by atoms with Crippen molar-refractivity contribution in [2.24, 2.45) is 0 Å². The van der Waals surface area contributed by atoms with Gasteiger partial charge in [0.15, 0.2) is 0 Å². The van der Waals surface area contributed by atoms with E-state index in [1.54, 1.807) is 6.07 Å². The van der Waals surface area contributed by atoms with Gasteiger partial charge in [-0.2, -0.15) is 11.8 Å². The van der Waals surface area contributed by atoms with Crippen LogP contribution in [0, 0.1) is 5.82 Å². The number of thioether (sulfide) groups is 1. The molecule has 2 bridgehead atoms. The highest BCUT2D eigenvalue weighted by Gasteiger charge is 2.39. The summed E-state index contributed by atoms with van der Waals surface area (Å²) in [6.45, 7) is 2.34. The van der Waals surface area contributed by atoms with Gasteiger partial charge >= 0.3 is 6.09 Å². The quantitative estimate of drug-likeness (QED) is 0.672. The lowest BCUT2D eigenvalue weighted by Gasteiger charge is -2.36. The van der Waals surface area contributed by atoms with Crippen molar-refractivity contribution in [1.29, 1.82) is 0 Å². The normalized spacial score (nSPS) is 26.6. The first-order valence-corrected chi connectivity index (χ1v) is 11.4. The number of benzene rings is 1. The Kier molecular flexibility index (Phi) is 5.80. The molecular weight excluding hydrogens is 379 g/mol. The van der Waals surface area contributed by atoms with Crippen LogP contribution >= 0.6 is 11.8 Å².